The summed E-state index contributed by atoms with van der Waals surface area (Å²) in [6, 6.07) is 27.2. The number of hydrogen-bond donors (Lipinski definition) is 1. The van der Waals surface area contributed by atoms with E-state index in [1.807, 2.05) is 0 Å². The lowest BCUT2D eigenvalue weighted by molar-refractivity contribution is -0.387. The van der Waals surface area contributed by atoms with Crippen molar-refractivity contribution in [2.24, 2.45) is 0 Å². The molecular formula is C41H53N4+. The first-order valence-corrected chi connectivity index (χ1v) is 16.8. The van der Waals surface area contributed by atoms with E-state index in [1.54, 1.807) is 0 Å². The molecule has 236 valence electrons. The van der Waals surface area contributed by atoms with Crippen LogP contribution in [0.3, 0.4) is 0 Å². The smallest absolute Gasteiger partial charge is 0.122 e. The first-order valence-electron chi connectivity index (χ1n) is 16.8. The monoisotopic (exact) mass is 601 g/mol. The maximum atomic E-state index is 4.19. The predicted octanol–water partition coefficient (Wildman–Crippen LogP) is 8.40. The van der Waals surface area contributed by atoms with Crippen molar-refractivity contribution in [1.82, 2.24) is 0 Å². The molecule has 3 aromatic rings. The van der Waals surface area contributed by atoms with Crippen LogP contribution in [0.5, 0.6) is 0 Å². The topological polar surface area (TPSA) is 37.4 Å². The Hall–Kier alpha value is -4.28. The highest BCUT2D eigenvalue weighted by Gasteiger charge is 2.11. The second-order valence-corrected chi connectivity index (χ2v) is 11.3. The van der Waals surface area contributed by atoms with Gasteiger partial charge in [0.1, 0.15) is 6.04 Å². The van der Waals surface area contributed by atoms with Crippen LogP contribution in [0.25, 0.3) is 11.1 Å². The summed E-state index contributed by atoms with van der Waals surface area (Å²) in [5, 5.41) is 0. The molecule has 4 nitrogen and oxygen atoms in total. The minimum Gasteiger partial charge on any atom is -0.372 e. The Bertz CT molecular complexity index is 1420. The van der Waals surface area contributed by atoms with Crippen molar-refractivity contribution in [3.05, 3.63) is 138 Å². The van der Waals surface area contributed by atoms with E-state index in [-0.39, 0.29) is 6.04 Å². The van der Waals surface area contributed by atoms with Crippen LogP contribution >= 0.6 is 0 Å². The summed E-state index contributed by atoms with van der Waals surface area (Å²) in [5.74, 6) is 0. The molecule has 0 bridgehead atoms. The van der Waals surface area contributed by atoms with E-state index < -0.39 is 0 Å². The highest BCUT2D eigenvalue weighted by atomic mass is 15.1. The van der Waals surface area contributed by atoms with Crippen LogP contribution in [0.2, 0.25) is 0 Å². The molecule has 0 fully saturated rings. The first kappa shape index (κ1) is 33.6. The van der Waals surface area contributed by atoms with Gasteiger partial charge in [-0.15, -0.1) is 0 Å². The molecule has 0 saturated carbocycles. The molecular weight excluding hydrogens is 548 g/mol. The SMILES string of the molecule is CCN(CC)c1ccc(C(=CC=CC(=C2C=CC([NH3+])C=C2)c2ccc(N(CC)CC)cc2)c2ccc(N(CC)CC)cc2)cc1. The predicted molar refractivity (Wildman–Crippen MR) is 198 cm³/mol. The summed E-state index contributed by atoms with van der Waals surface area (Å²) in [5.41, 5.74) is 15.2. The summed E-state index contributed by atoms with van der Waals surface area (Å²) >= 11 is 0. The first-order chi connectivity index (χ1) is 22.0. The van der Waals surface area contributed by atoms with Gasteiger partial charge in [-0.3, -0.25) is 0 Å². The molecule has 0 heterocycles. The third kappa shape index (κ3) is 8.46. The van der Waals surface area contributed by atoms with Gasteiger partial charge < -0.3 is 20.4 Å². The number of benzene rings is 3. The second kappa shape index (κ2) is 16.7. The molecule has 0 spiro atoms. The van der Waals surface area contributed by atoms with Gasteiger partial charge in [0.05, 0.1) is 0 Å². The average Bonchev–Trinajstić information content (AvgIpc) is 3.08. The highest BCUT2D eigenvalue weighted by molar-refractivity contribution is 5.85. The van der Waals surface area contributed by atoms with Crippen LogP contribution in [0.15, 0.2) is 121 Å². The van der Waals surface area contributed by atoms with Crippen molar-refractivity contribution in [3.8, 4) is 0 Å². The quantitative estimate of drug-likeness (QED) is 0.189. The summed E-state index contributed by atoms with van der Waals surface area (Å²) < 4.78 is 0. The van der Waals surface area contributed by atoms with Crippen LogP contribution < -0.4 is 20.4 Å². The largest absolute Gasteiger partial charge is 0.372 e. The zero-order chi connectivity index (χ0) is 32.2. The van der Waals surface area contributed by atoms with E-state index in [2.05, 4.69) is 177 Å². The third-order valence-corrected chi connectivity index (χ3v) is 8.80. The average molecular weight is 602 g/mol. The van der Waals surface area contributed by atoms with E-state index in [0.29, 0.717) is 0 Å². The summed E-state index contributed by atoms with van der Waals surface area (Å²) in [6.45, 7) is 19.3. The number of rotatable bonds is 14. The fourth-order valence-electron chi connectivity index (χ4n) is 6.03. The Balaban J connectivity index is 1.77. The molecule has 45 heavy (non-hydrogen) atoms. The molecule has 0 radical (unpaired) electrons. The number of nitrogens with zero attached hydrogens (tertiary/aromatic N) is 3. The van der Waals surface area contributed by atoms with Crippen LogP contribution in [0.4, 0.5) is 17.1 Å². The molecule has 0 amide bonds. The molecule has 0 atom stereocenters. The molecule has 0 aromatic heterocycles. The van der Waals surface area contributed by atoms with Crippen molar-refractivity contribution >= 4 is 28.2 Å². The molecule has 3 N–H and O–H groups in total. The fourth-order valence-corrected chi connectivity index (χ4v) is 6.03. The normalized spacial score (nSPS) is 14.1. The van der Waals surface area contributed by atoms with E-state index in [9.17, 15) is 0 Å². The van der Waals surface area contributed by atoms with Crippen molar-refractivity contribution in [2.45, 2.75) is 47.6 Å². The van der Waals surface area contributed by atoms with Crippen molar-refractivity contribution in [2.75, 3.05) is 54.0 Å². The highest BCUT2D eigenvalue weighted by Crippen LogP contribution is 2.30. The van der Waals surface area contributed by atoms with Crippen LogP contribution in [-0.2, 0) is 0 Å². The van der Waals surface area contributed by atoms with Crippen molar-refractivity contribution in [3.63, 3.8) is 0 Å². The second-order valence-electron chi connectivity index (χ2n) is 11.3. The van der Waals surface area contributed by atoms with Gasteiger partial charge >= 0.3 is 0 Å². The molecule has 0 unspecified atom stereocenters. The zero-order valence-electron chi connectivity index (χ0n) is 28.3. The van der Waals surface area contributed by atoms with Gasteiger partial charge in [0, 0.05) is 56.3 Å². The van der Waals surface area contributed by atoms with E-state index in [4.69, 9.17) is 0 Å². The Morgan fingerprint density at radius 1 is 0.556 bits per heavy atom. The molecule has 4 heteroatoms. The standard InChI is InChI=1S/C41H52N4/c1-7-43(8-2)37-26-18-33(19-27-37)40(32-16-24-36(42)25-17-32)14-13-15-41(34-20-28-38(29-21-34)44(9-3)10-4)35-22-30-39(31-23-35)45(11-5)12-6/h13-31,36H,7-12,42H2,1-6H3/p+1. The van der Waals surface area contributed by atoms with Gasteiger partial charge in [0.2, 0.25) is 0 Å². The van der Waals surface area contributed by atoms with Crippen LogP contribution in [-0.4, -0.2) is 45.3 Å². The Labute approximate surface area is 272 Å². The Kier molecular flexibility index (Phi) is 12.5. The van der Waals surface area contributed by atoms with E-state index in [1.165, 1.54) is 50.5 Å². The molecule has 4 rings (SSSR count). The molecule has 3 aromatic carbocycles. The molecule has 0 saturated heterocycles. The lowest BCUT2D eigenvalue weighted by atomic mass is 9.94. The van der Waals surface area contributed by atoms with Gasteiger partial charge in [-0.2, -0.15) is 0 Å². The van der Waals surface area contributed by atoms with Crippen molar-refractivity contribution < 1.29 is 5.73 Å². The van der Waals surface area contributed by atoms with E-state index in [0.717, 1.165) is 39.3 Å². The molecule has 1 aliphatic carbocycles. The minimum absolute atomic E-state index is 0.203. The summed E-state index contributed by atoms with van der Waals surface area (Å²) in [7, 11) is 0. The maximum Gasteiger partial charge on any atom is 0.122 e. The maximum absolute atomic E-state index is 4.19. The molecule has 0 aliphatic heterocycles. The van der Waals surface area contributed by atoms with Gasteiger partial charge in [-0.25, -0.2) is 0 Å². The Morgan fingerprint density at radius 3 is 1.27 bits per heavy atom. The third-order valence-electron chi connectivity index (χ3n) is 8.80. The zero-order valence-corrected chi connectivity index (χ0v) is 28.3. The van der Waals surface area contributed by atoms with Gasteiger partial charge in [0.25, 0.3) is 0 Å². The lowest BCUT2D eigenvalue weighted by Crippen LogP contribution is -2.58. The summed E-state index contributed by atoms with van der Waals surface area (Å²) in [6.07, 6.45) is 15.5. The number of allylic oxidation sites excluding steroid dienone is 7. The van der Waals surface area contributed by atoms with Crippen molar-refractivity contribution in [1.29, 1.82) is 0 Å². The number of anilines is 3. The minimum atomic E-state index is 0.203. The van der Waals surface area contributed by atoms with E-state index >= 15 is 0 Å². The Morgan fingerprint density at radius 2 is 0.911 bits per heavy atom. The lowest BCUT2D eigenvalue weighted by Gasteiger charge is -2.22. The van der Waals surface area contributed by atoms with Crippen LogP contribution in [0, 0.1) is 0 Å². The fraction of sp³-hybridized carbons (Fsp3) is 0.317. The molecule has 1 aliphatic rings. The van der Waals surface area contributed by atoms with Gasteiger partial charge in [-0.05, 0) is 124 Å². The van der Waals surface area contributed by atoms with Gasteiger partial charge in [-0.1, -0.05) is 66.8 Å². The number of hydrogen-bond acceptors (Lipinski definition) is 3. The van der Waals surface area contributed by atoms with Crippen LogP contribution in [0.1, 0.15) is 58.2 Å². The number of quaternary nitrogens is 1. The van der Waals surface area contributed by atoms with Gasteiger partial charge in [0.15, 0.2) is 0 Å². The summed E-state index contributed by atoms with van der Waals surface area (Å²) in [4.78, 5) is 7.15.